The topological polar surface area (TPSA) is 32.7 Å². The van der Waals surface area contributed by atoms with Gasteiger partial charge in [-0.15, -0.1) is 0 Å². The Morgan fingerprint density at radius 3 is 2.67 bits per heavy atom. The van der Waals surface area contributed by atoms with Crippen molar-refractivity contribution in [3.05, 3.63) is 0 Å². The summed E-state index contributed by atoms with van der Waals surface area (Å²) >= 11 is 0. The Hall–Kier alpha value is -0.120. The van der Waals surface area contributed by atoms with Crippen LogP contribution >= 0.6 is 0 Å². The van der Waals surface area contributed by atoms with Crippen LogP contribution in [0.1, 0.15) is 20.8 Å². The highest BCUT2D eigenvalue weighted by Gasteiger charge is 2.28. The van der Waals surface area contributed by atoms with Crippen LogP contribution in [-0.2, 0) is 4.74 Å². The molecule has 1 rings (SSSR count). The van der Waals surface area contributed by atoms with Crippen molar-refractivity contribution in [1.82, 2.24) is 4.90 Å². The first kappa shape index (κ1) is 9.96. The summed E-state index contributed by atoms with van der Waals surface area (Å²) in [4.78, 5) is 2.20. The molecule has 0 radical (unpaired) electrons. The number of hydrogen-bond donors (Lipinski definition) is 1. The number of ether oxygens (including phenoxy) is 1. The first-order valence-corrected chi connectivity index (χ1v) is 4.65. The van der Waals surface area contributed by atoms with Crippen LogP contribution in [0.2, 0.25) is 0 Å². The Kier molecular flexibility index (Phi) is 3.50. The largest absolute Gasteiger partial charge is 0.392 e. The lowest BCUT2D eigenvalue weighted by Crippen LogP contribution is -2.38. The van der Waals surface area contributed by atoms with Gasteiger partial charge in [-0.3, -0.25) is 4.90 Å². The van der Waals surface area contributed by atoms with E-state index in [2.05, 4.69) is 18.7 Å². The highest BCUT2D eigenvalue weighted by Crippen LogP contribution is 2.17. The minimum absolute atomic E-state index is 0.208. The SMILES string of the molecule is CC(C)[C@H]1OCCN1C[C@H](C)O. The normalized spacial score (nSPS) is 28.2. The predicted octanol–water partition coefficient (Wildman–Crippen LogP) is 0.681. The van der Waals surface area contributed by atoms with Gasteiger partial charge < -0.3 is 9.84 Å². The van der Waals surface area contributed by atoms with Crippen LogP contribution in [0.5, 0.6) is 0 Å². The molecule has 72 valence electrons. The molecular formula is C9H19NO2. The number of aliphatic hydroxyl groups excluding tert-OH is 1. The van der Waals surface area contributed by atoms with Crippen LogP contribution in [0.25, 0.3) is 0 Å². The van der Waals surface area contributed by atoms with E-state index in [9.17, 15) is 5.11 Å². The van der Waals surface area contributed by atoms with Gasteiger partial charge in [-0.05, 0) is 12.8 Å². The minimum Gasteiger partial charge on any atom is -0.392 e. The second-order valence-corrected chi connectivity index (χ2v) is 3.85. The number of β-amino-alcohol motifs (C(OH)–C–C–N with tert-alkyl or cyclic N) is 1. The molecule has 1 aliphatic rings. The molecule has 0 saturated carbocycles. The van der Waals surface area contributed by atoms with Crippen LogP contribution < -0.4 is 0 Å². The monoisotopic (exact) mass is 173 g/mol. The lowest BCUT2D eigenvalue weighted by atomic mass is 10.1. The van der Waals surface area contributed by atoms with Crippen LogP contribution in [0.15, 0.2) is 0 Å². The van der Waals surface area contributed by atoms with Crippen molar-refractivity contribution in [3.8, 4) is 0 Å². The third-order valence-corrected chi connectivity index (χ3v) is 2.10. The van der Waals surface area contributed by atoms with E-state index in [1.165, 1.54) is 0 Å². The van der Waals surface area contributed by atoms with Gasteiger partial charge in [-0.25, -0.2) is 0 Å². The van der Waals surface area contributed by atoms with Gasteiger partial charge >= 0.3 is 0 Å². The summed E-state index contributed by atoms with van der Waals surface area (Å²) in [6.45, 7) is 8.58. The number of aliphatic hydroxyl groups is 1. The van der Waals surface area contributed by atoms with E-state index < -0.39 is 0 Å². The quantitative estimate of drug-likeness (QED) is 0.681. The maximum Gasteiger partial charge on any atom is 0.113 e. The molecule has 0 unspecified atom stereocenters. The predicted molar refractivity (Wildman–Crippen MR) is 47.8 cm³/mol. The van der Waals surface area contributed by atoms with Crippen LogP contribution in [0.3, 0.4) is 0 Å². The van der Waals surface area contributed by atoms with Crippen molar-refractivity contribution in [3.63, 3.8) is 0 Å². The Morgan fingerprint density at radius 1 is 1.50 bits per heavy atom. The molecule has 0 aliphatic carbocycles. The zero-order valence-corrected chi connectivity index (χ0v) is 8.16. The molecule has 3 heteroatoms. The Bertz CT molecular complexity index is 136. The molecular weight excluding hydrogens is 154 g/mol. The summed E-state index contributed by atoms with van der Waals surface area (Å²) in [5.74, 6) is 0.506. The van der Waals surface area contributed by atoms with Gasteiger partial charge in [0.05, 0.1) is 12.7 Å². The molecule has 12 heavy (non-hydrogen) atoms. The summed E-state index contributed by atoms with van der Waals surface area (Å²) in [7, 11) is 0. The van der Waals surface area contributed by atoms with Gasteiger partial charge in [0.15, 0.2) is 0 Å². The van der Waals surface area contributed by atoms with Gasteiger partial charge in [0, 0.05) is 13.1 Å². The molecule has 3 nitrogen and oxygen atoms in total. The molecule has 0 spiro atoms. The first-order valence-electron chi connectivity index (χ1n) is 4.65. The van der Waals surface area contributed by atoms with Crippen LogP contribution in [0.4, 0.5) is 0 Å². The Morgan fingerprint density at radius 2 is 2.17 bits per heavy atom. The second-order valence-electron chi connectivity index (χ2n) is 3.85. The van der Waals surface area contributed by atoms with E-state index in [0.29, 0.717) is 5.92 Å². The number of rotatable bonds is 3. The third-order valence-electron chi connectivity index (χ3n) is 2.10. The summed E-state index contributed by atoms with van der Waals surface area (Å²) in [5, 5.41) is 9.22. The summed E-state index contributed by atoms with van der Waals surface area (Å²) < 4.78 is 5.54. The molecule has 0 amide bonds. The highest BCUT2D eigenvalue weighted by molar-refractivity contribution is 4.73. The van der Waals surface area contributed by atoms with E-state index in [1.54, 1.807) is 0 Å². The Labute approximate surface area is 74.3 Å². The molecule has 1 N–H and O–H groups in total. The fourth-order valence-corrected chi connectivity index (χ4v) is 1.67. The summed E-state index contributed by atoms with van der Waals surface area (Å²) in [6, 6.07) is 0. The van der Waals surface area contributed by atoms with E-state index >= 15 is 0 Å². The van der Waals surface area contributed by atoms with Gasteiger partial charge in [0.25, 0.3) is 0 Å². The van der Waals surface area contributed by atoms with Crippen molar-refractivity contribution in [2.45, 2.75) is 33.1 Å². The van der Waals surface area contributed by atoms with Crippen molar-refractivity contribution < 1.29 is 9.84 Å². The molecule has 0 aromatic rings. The summed E-state index contributed by atoms with van der Waals surface area (Å²) in [6.07, 6.45) is -0.0486. The fraction of sp³-hybridized carbons (Fsp3) is 1.00. The van der Waals surface area contributed by atoms with Crippen molar-refractivity contribution in [1.29, 1.82) is 0 Å². The maximum atomic E-state index is 9.22. The smallest absolute Gasteiger partial charge is 0.113 e. The molecule has 0 aromatic heterocycles. The molecule has 1 aliphatic heterocycles. The van der Waals surface area contributed by atoms with Crippen LogP contribution in [-0.4, -0.2) is 42.0 Å². The Balaban J connectivity index is 2.41. The van der Waals surface area contributed by atoms with E-state index in [4.69, 9.17) is 4.74 Å². The zero-order chi connectivity index (χ0) is 9.14. The van der Waals surface area contributed by atoms with Gasteiger partial charge in [0.1, 0.15) is 6.23 Å². The molecule has 1 fully saturated rings. The number of nitrogens with zero attached hydrogens (tertiary/aromatic N) is 1. The number of hydrogen-bond acceptors (Lipinski definition) is 3. The van der Waals surface area contributed by atoms with Crippen LogP contribution in [0, 0.1) is 5.92 Å². The van der Waals surface area contributed by atoms with Gasteiger partial charge in [-0.2, -0.15) is 0 Å². The van der Waals surface area contributed by atoms with Crippen molar-refractivity contribution >= 4 is 0 Å². The summed E-state index contributed by atoms with van der Waals surface area (Å²) in [5.41, 5.74) is 0. The highest BCUT2D eigenvalue weighted by atomic mass is 16.5. The van der Waals surface area contributed by atoms with E-state index in [-0.39, 0.29) is 12.3 Å². The molecule has 1 heterocycles. The average molecular weight is 173 g/mol. The fourth-order valence-electron chi connectivity index (χ4n) is 1.67. The van der Waals surface area contributed by atoms with E-state index in [1.807, 2.05) is 6.92 Å². The molecule has 1 saturated heterocycles. The van der Waals surface area contributed by atoms with Crippen molar-refractivity contribution in [2.75, 3.05) is 19.7 Å². The standard InChI is InChI=1S/C9H19NO2/c1-7(2)9-10(4-5-12-9)6-8(3)11/h7-9,11H,4-6H2,1-3H3/t8-,9+/m0/s1. The average Bonchev–Trinajstić information content (AvgIpc) is 2.33. The van der Waals surface area contributed by atoms with Crippen molar-refractivity contribution in [2.24, 2.45) is 5.92 Å². The maximum absolute atomic E-state index is 9.22. The molecule has 2 atom stereocenters. The lowest BCUT2D eigenvalue weighted by Gasteiger charge is -2.26. The van der Waals surface area contributed by atoms with Gasteiger partial charge in [-0.1, -0.05) is 13.8 Å². The van der Waals surface area contributed by atoms with Gasteiger partial charge in [0.2, 0.25) is 0 Å². The third kappa shape index (κ3) is 2.44. The first-order chi connectivity index (χ1) is 5.61. The second kappa shape index (κ2) is 4.21. The zero-order valence-electron chi connectivity index (χ0n) is 8.16. The minimum atomic E-state index is -0.257. The molecule has 0 aromatic carbocycles. The lowest BCUT2D eigenvalue weighted by molar-refractivity contribution is -0.0167. The molecule has 0 bridgehead atoms. The van der Waals surface area contributed by atoms with E-state index in [0.717, 1.165) is 19.7 Å².